The lowest BCUT2D eigenvalue weighted by Crippen LogP contribution is -2.65. The van der Waals surface area contributed by atoms with Gasteiger partial charge in [0, 0.05) is 18.8 Å². The second kappa shape index (κ2) is 6.72. The molecule has 2 saturated heterocycles. The SMILES string of the molecule is COc1cccc(CN2C(=O)C(N3CCSC3=O)C2c2ccsc2)c1. The molecule has 4 rings (SSSR count). The standard InChI is InChI=1S/C18H18N2O3S2/c1-23-14-4-2-3-12(9-14)10-20-15(13-5-7-24-11-13)16(17(20)21)19-6-8-25-18(19)22/h2-5,7,9,11,15-16H,6,8,10H2,1H3. The molecule has 0 aliphatic carbocycles. The van der Waals surface area contributed by atoms with Crippen molar-refractivity contribution in [3.63, 3.8) is 0 Å². The normalized spacial score (nSPS) is 23.1. The Balaban J connectivity index is 1.60. The molecule has 3 heterocycles. The van der Waals surface area contributed by atoms with E-state index < -0.39 is 0 Å². The van der Waals surface area contributed by atoms with E-state index in [4.69, 9.17) is 4.74 Å². The molecule has 2 aliphatic rings. The lowest BCUT2D eigenvalue weighted by atomic mass is 9.88. The topological polar surface area (TPSA) is 49.9 Å². The number of carbonyl (C=O) groups excluding carboxylic acids is 2. The van der Waals surface area contributed by atoms with Gasteiger partial charge < -0.3 is 14.5 Å². The van der Waals surface area contributed by atoms with Gasteiger partial charge in [0.25, 0.3) is 5.24 Å². The van der Waals surface area contributed by atoms with Crippen molar-refractivity contribution in [1.29, 1.82) is 0 Å². The maximum absolute atomic E-state index is 12.9. The molecule has 7 heteroatoms. The highest BCUT2D eigenvalue weighted by atomic mass is 32.2. The summed E-state index contributed by atoms with van der Waals surface area (Å²) in [6, 6.07) is 9.35. The van der Waals surface area contributed by atoms with Gasteiger partial charge >= 0.3 is 0 Å². The van der Waals surface area contributed by atoms with Gasteiger partial charge in [0.05, 0.1) is 13.2 Å². The Hall–Kier alpha value is -1.99. The van der Waals surface area contributed by atoms with Gasteiger partial charge in [-0.2, -0.15) is 11.3 Å². The number of thioether (sulfide) groups is 1. The van der Waals surface area contributed by atoms with E-state index in [1.54, 1.807) is 23.3 Å². The first-order valence-electron chi connectivity index (χ1n) is 8.08. The molecule has 130 valence electrons. The lowest BCUT2D eigenvalue weighted by Gasteiger charge is -2.50. The molecule has 2 fully saturated rings. The summed E-state index contributed by atoms with van der Waals surface area (Å²) >= 11 is 2.91. The van der Waals surface area contributed by atoms with E-state index in [1.165, 1.54) is 11.8 Å². The summed E-state index contributed by atoms with van der Waals surface area (Å²) in [4.78, 5) is 28.6. The number of thiophene rings is 1. The summed E-state index contributed by atoms with van der Waals surface area (Å²) in [6.07, 6.45) is 0. The number of ether oxygens (including phenoxy) is 1. The van der Waals surface area contributed by atoms with Crippen molar-refractivity contribution in [2.75, 3.05) is 19.4 Å². The van der Waals surface area contributed by atoms with Crippen LogP contribution in [0, 0.1) is 0 Å². The highest BCUT2D eigenvalue weighted by Gasteiger charge is 2.53. The van der Waals surface area contributed by atoms with Crippen LogP contribution in [0.25, 0.3) is 0 Å². The Morgan fingerprint density at radius 2 is 2.12 bits per heavy atom. The van der Waals surface area contributed by atoms with Crippen molar-refractivity contribution in [2.24, 2.45) is 0 Å². The summed E-state index contributed by atoms with van der Waals surface area (Å²) in [5, 5.41) is 4.09. The van der Waals surface area contributed by atoms with Crippen molar-refractivity contribution in [1.82, 2.24) is 9.80 Å². The monoisotopic (exact) mass is 374 g/mol. The Kier molecular flexibility index (Phi) is 4.43. The number of hydrogen-bond donors (Lipinski definition) is 0. The maximum Gasteiger partial charge on any atom is 0.282 e. The molecule has 2 unspecified atom stereocenters. The number of rotatable bonds is 5. The molecule has 0 N–H and O–H groups in total. The van der Waals surface area contributed by atoms with Crippen LogP contribution in [0.4, 0.5) is 4.79 Å². The zero-order valence-corrected chi connectivity index (χ0v) is 15.4. The zero-order valence-electron chi connectivity index (χ0n) is 13.8. The molecule has 2 amide bonds. The Bertz CT molecular complexity index is 793. The first-order chi connectivity index (χ1) is 12.2. The van der Waals surface area contributed by atoms with Crippen molar-refractivity contribution in [2.45, 2.75) is 18.6 Å². The van der Waals surface area contributed by atoms with Gasteiger partial charge in [-0.05, 0) is 40.1 Å². The fourth-order valence-corrected chi connectivity index (χ4v) is 4.96. The van der Waals surface area contributed by atoms with Gasteiger partial charge in [-0.1, -0.05) is 23.9 Å². The Morgan fingerprint density at radius 1 is 1.24 bits per heavy atom. The van der Waals surface area contributed by atoms with Crippen molar-refractivity contribution in [3.8, 4) is 5.75 Å². The summed E-state index contributed by atoms with van der Waals surface area (Å²) in [5.74, 6) is 1.56. The lowest BCUT2D eigenvalue weighted by molar-refractivity contribution is -0.158. The number of likely N-dealkylation sites (tertiary alicyclic amines) is 1. The molecule has 1 aromatic heterocycles. The number of carbonyl (C=O) groups is 2. The third kappa shape index (κ3) is 2.91. The van der Waals surface area contributed by atoms with Crippen LogP contribution in [-0.4, -0.2) is 46.4 Å². The fourth-order valence-electron chi connectivity index (χ4n) is 3.44. The summed E-state index contributed by atoms with van der Waals surface area (Å²) in [7, 11) is 1.63. The molecule has 25 heavy (non-hydrogen) atoms. The van der Waals surface area contributed by atoms with Crippen molar-refractivity contribution >= 4 is 34.2 Å². The quantitative estimate of drug-likeness (QED) is 0.753. The van der Waals surface area contributed by atoms with Gasteiger partial charge in [-0.25, -0.2) is 0 Å². The summed E-state index contributed by atoms with van der Waals surface area (Å²) in [6.45, 7) is 1.16. The van der Waals surface area contributed by atoms with Gasteiger partial charge in [0.15, 0.2) is 0 Å². The second-order valence-corrected chi connectivity index (χ2v) is 7.90. The number of methoxy groups -OCH3 is 1. The smallest absolute Gasteiger partial charge is 0.282 e. The maximum atomic E-state index is 12.9. The van der Waals surface area contributed by atoms with Gasteiger partial charge in [0.2, 0.25) is 5.91 Å². The van der Waals surface area contributed by atoms with Crippen LogP contribution >= 0.6 is 23.1 Å². The van der Waals surface area contributed by atoms with Crippen LogP contribution in [0.2, 0.25) is 0 Å². The van der Waals surface area contributed by atoms with Gasteiger partial charge in [0.1, 0.15) is 11.8 Å². The zero-order chi connectivity index (χ0) is 17.4. The number of β-lactam (4-membered cyclic amide) rings is 1. The van der Waals surface area contributed by atoms with Crippen LogP contribution in [0.5, 0.6) is 5.75 Å². The number of nitrogens with zero attached hydrogens (tertiary/aromatic N) is 2. The molecule has 2 aliphatic heterocycles. The molecule has 2 atom stereocenters. The van der Waals surface area contributed by atoms with E-state index in [-0.39, 0.29) is 23.2 Å². The molecule has 0 saturated carbocycles. The summed E-state index contributed by atoms with van der Waals surface area (Å²) in [5.41, 5.74) is 2.12. The minimum absolute atomic E-state index is 0.0135. The minimum atomic E-state index is -0.372. The van der Waals surface area contributed by atoms with Crippen LogP contribution in [0.15, 0.2) is 41.1 Å². The predicted molar refractivity (Wildman–Crippen MR) is 99.0 cm³/mol. The van der Waals surface area contributed by atoms with E-state index in [0.717, 1.165) is 22.6 Å². The highest BCUT2D eigenvalue weighted by Crippen LogP contribution is 2.42. The third-order valence-corrected chi connectivity index (χ3v) is 6.24. The molecule has 0 bridgehead atoms. The first kappa shape index (κ1) is 16.5. The van der Waals surface area contributed by atoms with Crippen molar-refractivity contribution < 1.29 is 14.3 Å². The molecule has 1 aromatic carbocycles. The minimum Gasteiger partial charge on any atom is -0.497 e. The highest BCUT2D eigenvalue weighted by molar-refractivity contribution is 8.13. The van der Waals surface area contributed by atoms with E-state index in [2.05, 4.69) is 5.38 Å². The molecule has 5 nitrogen and oxygen atoms in total. The van der Waals surface area contributed by atoms with Crippen LogP contribution in [-0.2, 0) is 11.3 Å². The van der Waals surface area contributed by atoms with E-state index >= 15 is 0 Å². The van der Waals surface area contributed by atoms with Crippen LogP contribution in [0.1, 0.15) is 17.2 Å². The summed E-state index contributed by atoms with van der Waals surface area (Å²) < 4.78 is 5.27. The average molecular weight is 374 g/mol. The Morgan fingerprint density at radius 3 is 2.80 bits per heavy atom. The average Bonchev–Trinajstić information content (AvgIpc) is 3.29. The van der Waals surface area contributed by atoms with E-state index in [0.29, 0.717) is 13.1 Å². The molecule has 0 radical (unpaired) electrons. The second-order valence-electron chi connectivity index (χ2n) is 6.07. The predicted octanol–water partition coefficient (Wildman–Crippen LogP) is 3.38. The van der Waals surface area contributed by atoms with Crippen LogP contribution < -0.4 is 4.74 Å². The molecular weight excluding hydrogens is 356 g/mol. The Labute approximate surface area is 154 Å². The number of benzene rings is 1. The largest absolute Gasteiger partial charge is 0.497 e. The van der Waals surface area contributed by atoms with Gasteiger partial charge in [-0.3, -0.25) is 9.59 Å². The first-order valence-corrected chi connectivity index (χ1v) is 10.0. The van der Waals surface area contributed by atoms with E-state index in [9.17, 15) is 9.59 Å². The molecule has 0 spiro atoms. The third-order valence-electron chi connectivity index (χ3n) is 4.67. The van der Waals surface area contributed by atoms with Crippen LogP contribution in [0.3, 0.4) is 0 Å². The van der Waals surface area contributed by atoms with Crippen molar-refractivity contribution in [3.05, 3.63) is 52.2 Å². The number of amides is 2. The molecule has 2 aromatic rings. The number of hydrogen-bond acceptors (Lipinski definition) is 5. The van der Waals surface area contributed by atoms with Gasteiger partial charge in [-0.15, -0.1) is 0 Å². The molecular formula is C18H18N2O3S2. The van der Waals surface area contributed by atoms with E-state index in [1.807, 2.05) is 40.6 Å². The fraction of sp³-hybridized carbons (Fsp3) is 0.333.